The predicted octanol–water partition coefficient (Wildman–Crippen LogP) is 4.26. The fourth-order valence-corrected chi connectivity index (χ4v) is 4.42. The van der Waals surface area contributed by atoms with Crippen LogP contribution < -0.4 is 10.6 Å². The molecule has 3 heterocycles. The second-order valence-electron chi connectivity index (χ2n) is 8.45. The summed E-state index contributed by atoms with van der Waals surface area (Å²) in [5, 5.41) is 0. The first-order chi connectivity index (χ1) is 16.1. The third-order valence-electron chi connectivity index (χ3n) is 6.32. The number of piperazine rings is 1. The van der Waals surface area contributed by atoms with Crippen LogP contribution in [0.3, 0.4) is 0 Å². The number of hydrogen-bond donors (Lipinski definition) is 2. The van der Waals surface area contributed by atoms with E-state index in [9.17, 15) is 4.79 Å². The minimum Gasteiger partial charge on any atom is -0.369 e. The molecule has 0 aliphatic carbocycles. The van der Waals surface area contributed by atoms with Crippen LogP contribution in [-0.4, -0.2) is 54.0 Å². The monoisotopic (exact) mass is 437 g/mol. The smallest absolute Gasteiger partial charge is 0.249 e. The molecule has 2 aromatic carbocycles. The highest BCUT2D eigenvalue weighted by Crippen LogP contribution is 2.38. The average Bonchev–Trinajstić information content (AvgIpc) is 3.31. The highest BCUT2D eigenvalue weighted by Gasteiger charge is 2.19. The number of likely N-dealkylation sites (N-methyl/N-ethyl adjacent to an activating group) is 1. The number of nitrogens with zero attached hydrogens (tertiary/aromatic N) is 3. The molecule has 0 spiro atoms. The van der Waals surface area contributed by atoms with Crippen LogP contribution in [0.4, 0.5) is 5.69 Å². The maximum absolute atomic E-state index is 12.2. The summed E-state index contributed by atoms with van der Waals surface area (Å²) in [4.78, 5) is 24.6. The fraction of sp³-hybridized carbons (Fsp3) is 0.185. The summed E-state index contributed by atoms with van der Waals surface area (Å²) < 4.78 is 0. The number of aromatic nitrogens is 2. The Bertz CT molecular complexity index is 1260. The van der Waals surface area contributed by atoms with Crippen molar-refractivity contribution in [3.05, 3.63) is 84.7 Å². The van der Waals surface area contributed by atoms with Gasteiger partial charge in [0.1, 0.15) is 0 Å². The summed E-state index contributed by atoms with van der Waals surface area (Å²) in [5.41, 5.74) is 13.2. The average molecular weight is 438 g/mol. The lowest BCUT2D eigenvalue weighted by molar-refractivity contribution is 0.100. The van der Waals surface area contributed by atoms with Gasteiger partial charge in [0.25, 0.3) is 0 Å². The number of nitrogens with two attached hydrogens (primary N) is 1. The van der Waals surface area contributed by atoms with Crippen molar-refractivity contribution >= 4 is 11.6 Å². The molecule has 0 unspecified atom stereocenters. The highest BCUT2D eigenvalue weighted by atomic mass is 16.1. The lowest BCUT2D eigenvalue weighted by atomic mass is 9.96. The number of H-pyrrole nitrogens is 1. The first kappa shape index (κ1) is 21.0. The quantitative estimate of drug-likeness (QED) is 0.489. The summed E-state index contributed by atoms with van der Waals surface area (Å²) in [6.07, 6.45) is 3.55. The van der Waals surface area contributed by atoms with Crippen molar-refractivity contribution in [3.8, 4) is 33.6 Å². The predicted molar refractivity (Wildman–Crippen MR) is 133 cm³/mol. The van der Waals surface area contributed by atoms with Gasteiger partial charge in [0.2, 0.25) is 5.91 Å². The molecular weight excluding hydrogens is 410 g/mol. The van der Waals surface area contributed by atoms with E-state index in [-0.39, 0.29) is 0 Å². The maximum Gasteiger partial charge on any atom is 0.249 e. The van der Waals surface area contributed by atoms with E-state index in [0.717, 1.165) is 59.8 Å². The van der Waals surface area contributed by atoms with E-state index in [1.807, 2.05) is 30.3 Å². The van der Waals surface area contributed by atoms with Crippen LogP contribution in [0.5, 0.6) is 0 Å². The standard InChI is InChI=1S/C27H27N5O/c1-31-14-16-32(17-15-31)21-8-6-20(7-9-21)26-24(22-4-2-3-5-23(22)27(28)33)18-25(30-26)19-10-12-29-13-11-19/h2-13,18,30H,14-17H2,1H3,(H2,28,33). The molecule has 33 heavy (non-hydrogen) atoms. The van der Waals surface area contributed by atoms with E-state index in [0.29, 0.717) is 5.56 Å². The van der Waals surface area contributed by atoms with Crippen molar-refractivity contribution in [1.29, 1.82) is 0 Å². The van der Waals surface area contributed by atoms with Crippen LogP contribution in [0.25, 0.3) is 33.6 Å². The van der Waals surface area contributed by atoms with Gasteiger partial charge in [0.05, 0.1) is 5.69 Å². The van der Waals surface area contributed by atoms with Crippen LogP contribution in [0, 0.1) is 0 Å². The molecule has 3 N–H and O–H groups in total. The van der Waals surface area contributed by atoms with E-state index in [4.69, 9.17) is 5.73 Å². The highest BCUT2D eigenvalue weighted by molar-refractivity contribution is 6.02. The van der Waals surface area contributed by atoms with Crippen LogP contribution >= 0.6 is 0 Å². The normalized spacial score (nSPS) is 14.4. The minimum atomic E-state index is -0.436. The van der Waals surface area contributed by atoms with E-state index >= 15 is 0 Å². The number of amides is 1. The van der Waals surface area contributed by atoms with Gasteiger partial charge in [-0.3, -0.25) is 9.78 Å². The Morgan fingerprint density at radius 1 is 0.879 bits per heavy atom. The number of carbonyl (C=O) groups is 1. The zero-order chi connectivity index (χ0) is 22.8. The molecule has 0 atom stereocenters. The van der Waals surface area contributed by atoms with E-state index in [2.05, 4.69) is 57.1 Å². The number of rotatable bonds is 5. The molecule has 0 bridgehead atoms. The van der Waals surface area contributed by atoms with Gasteiger partial charge in [-0.05, 0) is 54.6 Å². The van der Waals surface area contributed by atoms with Crippen molar-refractivity contribution in [2.75, 3.05) is 38.1 Å². The number of aromatic amines is 1. The summed E-state index contributed by atoms with van der Waals surface area (Å²) in [5.74, 6) is -0.436. The topological polar surface area (TPSA) is 78.2 Å². The molecule has 2 aromatic heterocycles. The molecule has 1 aliphatic heterocycles. The van der Waals surface area contributed by atoms with Crippen molar-refractivity contribution < 1.29 is 4.79 Å². The Morgan fingerprint density at radius 3 is 2.27 bits per heavy atom. The molecular formula is C27H27N5O. The number of nitrogens with one attached hydrogen (secondary N) is 1. The molecule has 1 aliphatic rings. The minimum absolute atomic E-state index is 0.436. The first-order valence-corrected chi connectivity index (χ1v) is 11.2. The zero-order valence-corrected chi connectivity index (χ0v) is 18.7. The van der Waals surface area contributed by atoms with Crippen LogP contribution in [-0.2, 0) is 0 Å². The molecule has 6 heteroatoms. The Labute approximate surface area is 193 Å². The molecule has 166 valence electrons. The SMILES string of the molecule is CN1CCN(c2ccc(-c3[nH]c(-c4ccncc4)cc3-c3ccccc3C(N)=O)cc2)CC1. The molecule has 6 nitrogen and oxygen atoms in total. The lowest BCUT2D eigenvalue weighted by Gasteiger charge is -2.34. The van der Waals surface area contributed by atoms with Crippen LogP contribution in [0.2, 0.25) is 0 Å². The molecule has 1 saturated heterocycles. The molecule has 1 fully saturated rings. The van der Waals surface area contributed by atoms with Gasteiger partial charge >= 0.3 is 0 Å². The fourth-order valence-electron chi connectivity index (χ4n) is 4.42. The second-order valence-corrected chi connectivity index (χ2v) is 8.45. The summed E-state index contributed by atoms with van der Waals surface area (Å²) in [6, 6.07) is 22.2. The number of carbonyl (C=O) groups excluding carboxylic acids is 1. The van der Waals surface area contributed by atoms with Gasteiger partial charge in [-0.1, -0.05) is 30.3 Å². The maximum atomic E-state index is 12.2. The summed E-state index contributed by atoms with van der Waals surface area (Å²) >= 11 is 0. The van der Waals surface area contributed by atoms with Gasteiger partial charge in [-0.25, -0.2) is 0 Å². The van der Waals surface area contributed by atoms with Crippen LogP contribution in [0.1, 0.15) is 10.4 Å². The Kier molecular flexibility index (Phi) is 5.67. The molecule has 1 amide bonds. The van der Waals surface area contributed by atoms with Crippen LogP contribution in [0.15, 0.2) is 79.1 Å². The Morgan fingerprint density at radius 2 is 1.58 bits per heavy atom. The number of benzene rings is 2. The third kappa shape index (κ3) is 4.25. The summed E-state index contributed by atoms with van der Waals surface area (Å²) in [6.45, 7) is 4.20. The van der Waals surface area contributed by atoms with E-state index in [1.54, 1.807) is 18.5 Å². The third-order valence-corrected chi connectivity index (χ3v) is 6.32. The zero-order valence-electron chi connectivity index (χ0n) is 18.7. The molecule has 0 saturated carbocycles. The van der Waals surface area contributed by atoms with Gasteiger partial charge in [0, 0.05) is 66.6 Å². The Hall–Kier alpha value is -3.90. The van der Waals surface area contributed by atoms with Gasteiger partial charge in [-0.15, -0.1) is 0 Å². The van der Waals surface area contributed by atoms with Crippen molar-refractivity contribution in [1.82, 2.24) is 14.9 Å². The molecule has 5 rings (SSSR count). The number of hydrogen-bond acceptors (Lipinski definition) is 4. The summed E-state index contributed by atoms with van der Waals surface area (Å²) in [7, 11) is 2.16. The lowest BCUT2D eigenvalue weighted by Crippen LogP contribution is -2.44. The Balaban J connectivity index is 1.58. The molecule has 4 aromatic rings. The van der Waals surface area contributed by atoms with Crippen molar-refractivity contribution in [2.24, 2.45) is 5.73 Å². The molecule has 0 radical (unpaired) electrons. The number of primary amides is 1. The second kappa shape index (κ2) is 8.92. The first-order valence-electron chi connectivity index (χ1n) is 11.2. The van der Waals surface area contributed by atoms with E-state index < -0.39 is 5.91 Å². The van der Waals surface area contributed by atoms with Gasteiger partial charge in [-0.2, -0.15) is 0 Å². The number of pyridine rings is 1. The largest absolute Gasteiger partial charge is 0.369 e. The van der Waals surface area contributed by atoms with E-state index in [1.165, 1.54) is 5.69 Å². The van der Waals surface area contributed by atoms with Crippen molar-refractivity contribution in [3.63, 3.8) is 0 Å². The van der Waals surface area contributed by atoms with Crippen molar-refractivity contribution in [2.45, 2.75) is 0 Å². The van der Waals surface area contributed by atoms with Gasteiger partial charge < -0.3 is 20.5 Å². The number of anilines is 1. The van der Waals surface area contributed by atoms with Gasteiger partial charge in [0.15, 0.2) is 0 Å².